The Hall–Kier alpha value is -3.91. The molecule has 2 amide bonds. The smallest absolute Gasteiger partial charge is 0.408 e. The second-order valence-corrected chi connectivity index (χ2v) is 9.17. The molecular weight excluding hydrogens is 449 g/mol. The van der Waals surface area contributed by atoms with Gasteiger partial charge in [-0.2, -0.15) is 0 Å². The molecule has 5 rings (SSSR count). The second kappa shape index (κ2) is 8.70. The minimum absolute atomic E-state index is 0.0217. The Morgan fingerprint density at radius 3 is 2.49 bits per heavy atom. The summed E-state index contributed by atoms with van der Waals surface area (Å²) in [4.78, 5) is 28.0. The van der Waals surface area contributed by atoms with Gasteiger partial charge in [-0.25, -0.2) is 9.18 Å². The second-order valence-electron chi connectivity index (χ2n) is 9.17. The summed E-state index contributed by atoms with van der Waals surface area (Å²) in [6.45, 7) is 2.82. The highest BCUT2D eigenvalue weighted by atomic mass is 19.1. The fourth-order valence-corrected chi connectivity index (χ4v) is 5.50. The third kappa shape index (κ3) is 4.00. The maximum atomic E-state index is 13.5. The zero-order valence-electron chi connectivity index (χ0n) is 19.2. The summed E-state index contributed by atoms with van der Waals surface area (Å²) in [6, 6.07) is 20.4. The van der Waals surface area contributed by atoms with Crippen molar-refractivity contribution in [2.24, 2.45) is 5.73 Å². The zero-order valence-corrected chi connectivity index (χ0v) is 19.2. The van der Waals surface area contributed by atoms with Gasteiger partial charge < -0.3 is 15.6 Å². The topological polar surface area (TPSA) is 96.1 Å². The molecule has 3 aromatic rings. The number of carbonyl (C=O) groups is 2. The van der Waals surface area contributed by atoms with E-state index in [1.165, 1.54) is 17.0 Å². The molecular formula is C27H26FN3O4. The SMILES string of the molecule is CC(c1ccc(F)cc1)N1CC2(c3ccc(C(N)=O)cc3Oc3ccccc3)CC1CN2C(=O)O. The predicted octanol–water partition coefficient (Wildman–Crippen LogP) is 4.74. The number of piperazine rings is 1. The Morgan fingerprint density at radius 1 is 1.11 bits per heavy atom. The molecule has 0 saturated carbocycles. The van der Waals surface area contributed by atoms with E-state index in [0.29, 0.717) is 36.6 Å². The van der Waals surface area contributed by atoms with E-state index in [-0.39, 0.29) is 23.5 Å². The largest absolute Gasteiger partial charge is 0.465 e. The van der Waals surface area contributed by atoms with Gasteiger partial charge in [-0.3, -0.25) is 14.6 Å². The summed E-state index contributed by atoms with van der Waals surface area (Å²) in [6.07, 6.45) is -0.433. The number of likely N-dealkylation sites (tertiary alicyclic amines) is 2. The molecule has 2 bridgehead atoms. The molecule has 2 fully saturated rings. The number of carbonyl (C=O) groups excluding carboxylic acids is 1. The number of para-hydroxylation sites is 1. The van der Waals surface area contributed by atoms with Gasteiger partial charge in [0.2, 0.25) is 5.91 Å². The number of nitrogens with two attached hydrogens (primary N) is 1. The van der Waals surface area contributed by atoms with Gasteiger partial charge in [-0.05, 0) is 55.3 Å². The van der Waals surface area contributed by atoms with Crippen LogP contribution in [0.3, 0.4) is 0 Å². The normalized spacial score (nSPS) is 22.2. The van der Waals surface area contributed by atoms with E-state index in [2.05, 4.69) is 4.90 Å². The summed E-state index contributed by atoms with van der Waals surface area (Å²) < 4.78 is 19.7. The Labute approximate surface area is 202 Å². The summed E-state index contributed by atoms with van der Waals surface area (Å²) in [5, 5.41) is 10.1. The van der Waals surface area contributed by atoms with Crippen molar-refractivity contribution in [3.63, 3.8) is 0 Å². The number of fused-ring (bicyclic) bond motifs is 2. The molecule has 2 saturated heterocycles. The van der Waals surface area contributed by atoms with E-state index in [1.807, 2.05) is 25.1 Å². The van der Waals surface area contributed by atoms with Gasteiger partial charge in [0.1, 0.15) is 17.3 Å². The summed E-state index contributed by atoms with van der Waals surface area (Å²) in [7, 11) is 0. The molecule has 3 N–H and O–H groups in total. The lowest BCUT2D eigenvalue weighted by atomic mass is 9.87. The Kier molecular flexibility index (Phi) is 5.68. The van der Waals surface area contributed by atoms with Gasteiger partial charge in [-0.15, -0.1) is 0 Å². The molecule has 2 aliphatic heterocycles. The van der Waals surface area contributed by atoms with Gasteiger partial charge in [0.15, 0.2) is 0 Å². The first kappa shape index (κ1) is 22.9. The van der Waals surface area contributed by atoms with E-state index in [9.17, 15) is 19.1 Å². The van der Waals surface area contributed by atoms with Crippen LogP contribution in [0, 0.1) is 5.82 Å². The van der Waals surface area contributed by atoms with Crippen LogP contribution in [-0.2, 0) is 5.54 Å². The Balaban J connectivity index is 1.57. The molecule has 8 heteroatoms. The van der Waals surface area contributed by atoms with E-state index >= 15 is 0 Å². The summed E-state index contributed by atoms with van der Waals surface area (Å²) in [5.74, 6) is 0.0763. The quantitative estimate of drug-likeness (QED) is 0.537. The molecule has 3 aromatic carbocycles. The first-order valence-electron chi connectivity index (χ1n) is 11.5. The first-order valence-corrected chi connectivity index (χ1v) is 11.5. The van der Waals surface area contributed by atoms with Gasteiger partial charge in [0, 0.05) is 36.3 Å². The number of benzene rings is 3. The van der Waals surface area contributed by atoms with Gasteiger partial charge in [-0.1, -0.05) is 36.4 Å². The van der Waals surface area contributed by atoms with Crippen molar-refractivity contribution in [1.29, 1.82) is 0 Å². The van der Waals surface area contributed by atoms with Crippen LogP contribution in [-0.4, -0.2) is 46.0 Å². The third-order valence-electron chi connectivity index (χ3n) is 7.22. The first-order chi connectivity index (χ1) is 16.8. The molecule has 35 heavy (non-hydrogen) atoms. The Morgan fingerprint density at radius 2 is 1.83 bits per heavy atom. The highest BCUT2D eigenvalue weighted by Crippen LogP contribution is 2.52. The number of primary amides is 1. The number of nitrogens with zero attached hydrogens (tertiary/aromatic N) is 2. The van der Waals surface area contributed by atoms with Crippen LogP contribution in [0.15, 0.2) is 72.8 Å². The van der Waals surface area contributed by atoms with Crippen LogP contribution in [0.25, 0.3) is 0 Å². The van der Waals surface area contributed by atoms with Crippen molar-refractivity contribution in [2.45, 2.75) is 31.0 Å². The Bertz CT molecular complexity index is 1270. The van der Waals surface area contributed by atoms with Crippen LogP contribution in [0.2, 0.25) is 0 Å². The highest BCUT2D eigenvalue weighted by Gasteiger charge is 2.59. The van der Waals surface area contributed by atoms with Crippen LogP contribution in [0.5, 0.6) is 11.5 Å². The molecule has 7 nitrogen and oxygen atoms in total. The van der Waals surface area contributed by atoms with Crippen molar-refractivity contribution in [1.82, 2.24) is 9.80 Å². The van der Waals surface area contributed by atoms with Gasteiger partial charge in [0.25, 0.3) is 0 Å². The number of carboxylic acid groups (broad SMARTS) is 1. The lowest BCUT2D eigenvalue weighted by molar-refractivity contribution is 0.0442. The number of halogens is 1. The van der Waals surface area contributed by atoms with Crippen LogP contribution < -0.4 is 10.5 Å². The lowest BCUT2D eigenvalue weighted by Gasteiger charge is -2.43. The molecule has 2 aliphatic rings. The van der Waals surface area contributed by atoms with Gasteiger partial charge >= 0.3 is 6.09 Å². The third-order valence-corrected chi connectivity index (χ3v) is 7.22. The molecule has 0 aliphatic carbocycles. The number of hydrogen-bond acceptors (Lipinski definition) is 4. The monoisotopic (exact) mass is 475 g/mol. The van der Waals surface area contributed by atoms with Crippen LogP contribution in [0.4, 0.5) is 9.18 Å². The number of ether oxygens (including phenoxy) is 1. The van der Waals surface area contributed by atoms with E-state index in [1.54, 1.807) is 42.5 Å². The minimum Gasteiger partial charge on any atom is -0.465 e. The summed E-state index contributed by atoms with van der Waals surface area (Å²) >= 11 is 0. The maximum absolute atomic E-state index is 13.5. The molecule has 180 valence electrons. The molecule has 3 unspecified atom stereocenters. The highest BCUT2D eigenvalue weighted by molar-refractivity contribution is 5.93. The lowest BCUT2D eigenvalue weighted by Crippen LogP contribution is -2.54. The summed E-state index contributed by atoms with van der Waals surface area (Å²) in [5.41, 5.74) is 6.59. The van der Waals surface area contributed by atoms with Crippen molar-refractivity contribution in [3.8, 4) is 11.5 Å². The zero-order chi connectivity index (χ0) is 24.7. The minimum atomic E-state index is -1.01. The average Bonchev–Trinajstić information content (AvgIpc) is 3.42. The molecule has 0 aromatic heterocycles. The fraction of sp³-hybridized carbons (Fsp3) is 0.259. The molecule has 0 spiro atoms. The van der Waals surface area contributed by atoms with Crippen molar-refractivity contribution in [2.75, 3.05) is 13.1 Å². The average molecular weight is 476 g/mol. The van der Waals surface area contributed by atoms with Crippen LogP contribution in [0.1, 0.15) is 40.9 Å². The molecule has 0 radical (unpaired) electrons. The molecule has 2 heterocycles. The van der Waals surface area contributed by atoms with Crippen molar-refractivity contribution >= 4 is 12.0 Å². The molecule has 3 atom stereocenters. The standard InChI is InChI=1S/C27H26FN3O4/c1-17(18-7-10-20(28)11-8-18)30-16-27(14-21(30)15-31(27)26(33)34)23-12-9-19(25(29)32)13-24(23)35-22-5-3-2-4-6-22/h2-13,17,21H,14-16H2,1H3,(H2,29,32)(H,33,34). The van der Waals surface area contributed by atoms with E-state index in [0.717, 1.165) is 5.56 Å². The van der Waals surface area contributed by atoms with Crippen molar-refractivity contribution in [3.05, 3.63) is 95.3 Å². The van der Waals surface area contributed by atoms with Crippen LogP contribution >= 0.6 is 0 Å². The maximum Gasteiger partial charge on any atom is 0.408 e. The number of rotatable bonds is 6. The predicted molar refractivity (Wildman–Crippen MR) is 128 cm³/mol. The fourth-order valence-electron chi connectivity index (χ4n) is 5.50. The number of amides is 2. The van der Waals surface area contributed by atoms with Gasteiger partial charge in [0.05, 0.1) is 5.54 Å². The van der Waals surface area contributed by atoms with E-state index in [4.69, 9.17) is 10.5 Å². The van der Waals surface area contributed by atoms with Crippen molar-refractivity contribution < 1.29 is 23.8 Å². The van der Waals surface area contributed by atoms with E-state index < -0.39 is 17.5 Å². The number of hydrogen-bond donors (Lipinski definition) is 2.